The number of benzene rings is 2. The van der Waals surface area contributed by atoms with Gasteiger partial charge in [-0.2, -0.15) is 0 Å². The number of hydrogen-bond donors (Lipinski definition) is 3. The molecular formula is C15H14FN3O2. The van der Waals surface area contributed by atoms with Crippen molar-refractivity contribution in [3.63, 3.8) is 0 Å². The molecule has 0 aliphatic rings. The Hall–Kier alpha value is -2.76. The van der Waals surface area contributed by atoms with Crippen LogP contribution in [0.5, 0.6) is 0 Å². The Bertz CT molecular complexity index is 838. The maximum atomic E-state index is 13.5. The van der Waals surface area contributed by atoms with Crippen molar-refractivity contribution >= 4 is 22.5 Å². The van der Waals surface area contributed by atoms with Crippen molar-refractivity contribution in [1.29, 1.82) is 0 Å². The van der Waals surface area contributed by atoms with Crippen molar-refractivity contribution < 1.29 is 8.81 Å². The number of nitrogens with one attached hydrogen (secondary N) is 2. The van der Waals surface area contributed by atoms with Crippen molar-refractivity contribution in [2.24, 2.45) is 0 Å². The van der Waals surface area contributed by atoms with Crippen LogP contribution in [0.2, 0.25) is 0 Å². The molecule has 0 aliphatic carbocycles. The van der Waals surface area contributed by atoms with E-state index in [-0.39, 0.29) is 5.82 Å². The van der Waals surface area contributed by atoms with Gasteiger partial charge in [0.25, 0.3) is 0 Å². The van der Waals surface area contributed by atoms with Crippen molar-refractivity contribution in [3.8, 4) is 0 Å². The fraction of sp³-hybridized carbons (Fsp3) is 0.133. The van der Waals surface area contributed by atoms with Gasteiger partial charge in [0.2, 0.25) is 0 Å². The summed E-state index contributed by atoms with van der Waals surface area (Å²) in [6.07, 6.45) is 0.534. The summed E-state index contributed by atoms with van der Waals surface area (Å²) in [7, 11) is 0. The van der Waals surface area contributed by atoms with Gasteiger partial charge in [0.1, 0.15) is 5.82 Å². The molecule has 0 unspecified atom stereocenters. The van der Waals surface area contributed by atoms with E-state index in [0.29, 0.717) is 41.0 Å². The normalized spacial score (nSPS) is 10.9. The molecule has 108 valence electrons. The molecule has 2 aromatic carbocycles. The molecule has 0 atom stereocenters. The van der Waals surface area contributed by atoms with Crippen molar-refractivity contribution in [2.45, 2.75) is 6.42 Å². The molecule has 5 nitrogen and oxygen atoms in total. The minimum atomic E-state index is -0.520. The highest BCUT2D eigenvalue weighted by atomic mass is 19.1. The molecule has 21 heavy (non-hydrogen) atoms. The van der Waals surface area contributed by atoms with Gasteiger partial charge < -0.3 is 15.5 Å². The van der Waals surface area contributed by atoms with E-state index < -0.39 is 5.76 Å². The van der Waals surface area contributed by atoms with Crippen LogP contribution < -0.4 is 16.8 Å². The molecule has 0 fully saturated rings. The molecular weight excluding hydrogens is 273 g/mol. The summed E-state index contributed by atoms with van der Waals surface area (Å²) >= 11 is 0. The third-order valence-electron chi connectivity index (χ3n) is 3.26. The highest BCUT2D eigenvalue weighted by molar-refractivity contribution is 5.85. The van der Waals surface area contributed by atoms with Gasteiger partial charge in [0, 0.05) is 12.6 Å². The summed E-state index contributed by atoms with van der Waals surface area (Å²) in [5.41, 5.74) is 8.67. The summed E-state index contributed by atoms with van der Waals surface area (Å²) in [6.45, 7) is 0.527. The van der Waals surface area contributed by atoms with Gasteiger partial charge in [0.15, 0.2) is 5.58 Å². The molecule has 0 aliphatic heterocycles. The van der Waals surface area contributed by atoms with Crippen molar-refractivity contribution in [1.82, 2.24) is 4.98 Å². The lowest BCUT2D eigenvalue weighted by atomic mass is 10.1. The lowest BCUT2D eigenvalue weighted by Gasteiger charge is -2.09. The Kier molecular flexibility index (Phi) is 3.35. The van der Waals surface area contributed by atoms with Gasteiger partial charge in [-0.3, -0.25) is 4.98 Å². The number of anilines is 2. The number of nitrogen functional groups attached to an aromatic ring is 1. The van der Waals surface area contributed by atoms with Gasteiger partial charge in [-0.1, -0.05) is 18.2 Å². The topological polar surface area (TPSA) is 84.0 Å². The van der Waals surface area contributed by atoms with Crippen LogP contribution in [0.4, 0.5) is 15.8 Å². The highest BCUT2D eigenvalue weighted by Gasteiger charge is 2.07. The van der Waals surface area contributed by atoms with Crippen LogP contribution in [0.25, 0.3) is 11.1 Å². The van der Waals surface area contributed by atoms with Crippen LogP contribution in [-0.4, -0.2) is 11.5 Å². The molecule has 0 spiro atoms. The number of fused-ring (bicyclic) bond motifs is 1. The zero-order chi connectivity index (χ0) is 14.8. The van der Waals surface area contributed by atoms with Gasteiger partial charge >= 0.3 is 5.76 Å². The first-order valence-corrected chi connectivity index (χ1v) is 6.53. The minimum absolute atomic E-state index is 0.220. The van der Waals surface area contributed by atoms with Crippen LogP contribution in [0.1, 0.15) is 5.56 Å². The predicted molar refractivity (Wildman–Crippen MR) is 79.8 cm³/mol. The van der Waals surface area contributed by atoms with Crippen molar-refractivity contribution in [3.05, 3.63) is 58.3 Å². The zero-order valence-electron chi connectivity index (χ0n) is 11.2. The van der Waals surface area contributed by atoms with Crippen LogP contribution >= 0.6 is 0 Å². The third kappa shape index (κ3) is 2.74. The Morgan fingerprint density at radius 2 is 2.10 bits per heavy atom. The number of H-pyrrole nitrogens is 1. The summed E-state index contributed by atoms with van der Waals surface area (Å²) in [5, 5.41) is 3.13. The average Bonchev–Trinajstić information content (AvgIpc) is 2.80. The molecule has 0 saturated heterocycles. The second-order valence-electron chi connectivity index (χ2n) is 4.72. The lowest BCUT2D eigenvalue weighted by molar-refractivity contribution is 0.555. The Morgan fingerprint density at radius 3 is 2.90 bits per heavy atom. The summed E-state index contributed by atoms with van der Waals surface area (Å²) in [4.78, 5) is 13.7. The minimum Gasteiger partial charge on any atom is -0.408 e. The van der Waals surface area contributed by atoms with Crippen LogP contribution in [0.3, 0.4) is 0 Å². The van der Waals surface area contributed by atoms with Gasteiger partial charge in [0.05, 0.1) is 16.9 Å². The van der Waals surface area contributed by atoms with E-state index in [0.717, 1.165) is 0 Å². The quantitative estimate of drug-likeness (QED) is 0.644. The summed E-state index contributed by atoms with van der Waals surface area (Å²) in [5.74, 6) is -0.741. The molecule has 0 radical (unpaired) electrons. The van der Waals surface area contributed by atoms with E-state index in [1.54, 1.807) is 30.3 Å². The smallest absolute Gasteiger partial charge is 0.408 e. The first-order valence-electron chi connectivity index (χ1n) is 6.53. The molecule has 1 heterocycles. The van der Waals surface area contributed by atoms with Gasteiger partial charge in [-0.25, -0.2) is 9.18 Å². The zero-order valence-corrected chi connectivity index (χ0v) is 11.2. The summed E-state index contributed by atoms with van der Waals surface area (Å²) in [6, 6.07) is 9.93. The number of nitrogens with two attached hydrogens (primary N) is 1. The van der Waals surface area contributed by atoms with E-state index in [1.165, 1.54) is 6.07 Å². The van der Waals surface area contributed by atoms with Gasteiger partial charge in [-0.05, 0) is 24.1 Å². The molecule has 0 saturated carbocycles. The third-order valence-corrected chi connectivity index (χ3v) is 3.26. The number of aromatic amines is 1. The predicted octanol–water partition coefficient (Wildman–Crippen LogP) is 2.50. The van der Waals surface area contributed by atoms with E-state index in [1.807, 2.05) is 0 Å². The monoisotopic (exact) mass is 287 g/mol. The van der Waals surface area contributed by atoms with Crippen molar-refractivity contribution in [2.75, 3.05) is 17.6 Å². The highest BCUT2D eigenvalue weighted by Crippen LogP contribution is 2.24. The molecule has 1 aromatic heterocycles. The SMILES string of the molecule is Nc1cc2oc(=O)[nH]c2cc1NCCc1ccccc1F. The van der Waals surface area contributed by atoms with Crippen LogP contribution in [0, 0.1) is 5.82 Å². The fourth-order valence-corrected chi connectivity index (χ4v) is 2.20. The molecule has 0 bridgehead atoms. The molecule has 3 aromatic rings. The first kappa shape index (κ1) is 13.2. The van der Waals surface area contributed by atoms with E-state index in [4.69, 9.17) is 10.2 Å². The lowest BCUT2D eigenvalue weighted by Crippen LogP contribution is -2.07. The maximum Gasteiger partial charge on any atom is 0.417 e. The largest absolute Gasteiger partial charge is 0.417 e. The second-order valence-corrected chi connectivity index (χ2v) is 4.72. The van der Waals surface area contributed by atoms with E-state index in [2.05, 4.69) is 10.3 Å². The molecule has 0 amide bonds. The molecule has 6 heteroatoms. The number of hydrogen-bond acceptors (Lipinski definition) is 4. The maximum absolute atomic E-state index is 13.5. The first-order chi connectivity index (χ1) is 10.1. The number of oxazole rings is 1. The summed E-state index contributed by atoms with van der Waals surface area (Å²) < 4.78 is 18.4. The Labute approximate surface area is 119 Å². The fourth-order valence-electron chi connectivity index (χ4n) is 2.20. The van der Waals surface area contributed by atoms with Crippen LogP contribution in [-0.2, 0) is 6.42 Å². The number of halogens is 1. The molecule has 4 N–H and O–H groups in total. The standard InChI is InChI=1S/C15H14FN3O2/c16-10-4-2-1-3-9(10)5-6-18-12-8-13-14(7-11(12)17)21-15(20)19-13/h1-4,7-8,18H,5-6,17H2,(H,19,20). The van der Waals surface area contributed by atoms with Gasteiger partial charge in [-0.15, -0.1) is 0 Å². The average molecular weight is 287 g/mol. The number of rotatable bonds is 4. The van der Waals surface area contributed by atoms with E-state index >= 15 is 0 Å². The molecule has 3 rings (SSSR count). The Balaban J connectivity index is 1.74. The van der Waals surface area contributed by atoms with Crippen LogP contribution in [0.15, 0.2) is 45.6 Å². The number of aromatic nitrogens is 1. The van der Waals surface area contributed by atoms with E-state index in [9.17, 15) is 9.18 Å². The second kappa shape index (κ2) is 5.32. The Morgan fingerprint density at radius 1 is 1.29 bits per heavy atom.